The second kappa shape index (κ2) is 15.2. The van der Waals surface area contributed by atoms with E-state index in [9.17, 15) is 50.4 Å². The molecule has 2 aliphatic heterocycles. The molecule has 0 amide bonds. The second-order valence-corrected chi connectivity index (χ2v) is 10.5. The lowest BCUT2D eigenvalue weighted by Crippen LogP contribution is -2.63. The average Bonchev–Trinajstić information content (AvgIpc) is 3.33. The Kier molecular flexibility index (Phi) is 11.6. The van der Waals surface area contributed by atoms with E-state index in [0.29, 0.717) is 5.56 Å². The Balaban J connectivity index is 1.51. The molecule has 17 nitrogen and oxygen atoms in total. The quantitative estimate of drug-likeness (QED) is 0.0913. The van der Waals surface area contributed by atoms with E-state index in [-0.39, 0.29) is 28.6 Å². The van der Waals surface area contributed by atoms with Gasteiger partial charge in [0.2, 0.25) is 11.5 Å². The highest BCUT2D eigenvalue weighted by atomic mass is 16.8. The fourth-order valence-electron chi connectivity index (χ4n) is 4.94. The molecule has 0 bridgehead atoms. The molecule has 0 radical (unpaired) electrons. The van der Waals surface area contributed by atoms with E-state index >= 15 is 0 Å². The highest BCUT2D eigenvalue weighted by molar-refractivity contribution is 5.89. The van der Waals surface area contributed by atoms with Crippen LogP contribution in [0.4, 0.5) is 0 Å². The van der Waals surface area contributed by atoms with Crippen molar-refractivity contribution in [3.05, 3.63) is 53.6 Å². The third kappa shape index (κ3) is 7.75. The average molecular weight is 669 g/mol. The van der Waals surface area contributed by atoms with Crippen LogP contribution in [0.5, 0.6) is 23.0 Å². The van der Waals surface area contributed by atoms with Gasteiger partial charge in [-0.1, -0.05) is 0 Å². The third-order valence-corrected chi connectivity index (χ3v) is 7.50. The molecule has 2 aliphatic rings. The van der Waals surface area contributed by atoms with Crippen molar-refractivity contribution in [2.24, 2.45) is 0 Å². The molecule has 0 saturated carbocycles. The first-order chi connectivity index (χ1) is 22.4. The van der Waals surface area contributed by atoms with E-state index in [1.165, 1.54) is 56.7 Å². The lowest BCUT2D eigenvalue weighted by atomic mass is 9.98. The highest BCUT2D eigenvalue weighted by Gasteiger charge is 2.60. The Morgan fingerprint density at radius 3 is 2.11 bits per heavy atom. The van der Waals surface area contributed by atoms with Crippen LogP contribution in [0.15, 0.2) is 42.5 Å². The summed E-state index contributed by atoms with van der Waals surface area (Å²) in [7, 11) is 2.62. The molecular formula is C30H36O17. The van der Waals surface area contributed by atoms with E-state index in [0.717, 1.165) is 6.08 Å². The number of aliphatic hydroxyl groups excluding tert-OH is 6. The molecule has 2 aromatic carbocycles. The summed E-state index contributed by atoms with van der Waals surface area (Å²) in [5.41, 5.74) is 0.379. The fraction of sp³-hybridized carbons (Fsp3) is 0.467. The predicted molar refractivity (Wildman–Crippen MR) is 154 cm³/mol. The summed E-state index contributed by atoms with van der Waals surface area (Å²) in [6.07, 6.45) is -12.1. The lowest BCUT2D eigenvalue weighted by Gasteiger charge is -2.43. The van der Waals surface area contributed by atoms with Crippen molar-refractivity contribution in [2.75, 3.05) is 34.0 Å². The molecule has 0 aromatic heterocycles. The maximum atomic E-state index is 12.9. The van der Waals surface area contributed by atoms with Gasteiger partial charge in [-0.05, 0) is 48.0 Å². The van der Waals surface area contributed by atoms with Gasteiger partial charge in [0.25, 0.3) is 0 Å². The Morgan fingerprint density at radius 1 is 0.894 bits per heavy atom. The van der Waals surface area contributed by atoms with Crippen LogP contribution >= 0.6 is 0 Å². The zero-order valence-electron chi connectivity index (χ0n) is 25.1. The molecule has 2 heterocycles. The van der Waals surface area contributed by atoms with Crippen LogP contribution in [0.3, 0.4) is 0 Å². The van der Waals surface area contributed by atoms with E-state index in [2.05, 4.69) is 0 Å². The molecule has 2 saturated heterocycles. The molecule has 2 aromatic rings. The number of methoxy groups -OCH3 is 2. The van der Waals surface area contributed by atoms with Crippen molar-refractivity contribution in [1.82, 2.24) is 0 Å². The van der Waals surface area contributed by atoms with Crippen LogP contribution in [-0.2, 0) is 28.5 Å². The van der Waals surface area contributed by atoms with Gasteiger partial charge in [0, 0.05) is 6.08 Å². The van der Waals surface area contributed by atoms with Gasteiger partial charge in [0.15, 0.2) is 23.9 Å². The SMILES string of the molecule is COc1cc(/C=C/C(=O)O[C@@H]2[C@@H](O)[C@H](CO)O[C@]2(CO)O[C@@H]2O[C@@H](COC(=O)c3ccc(O)cc3)[C@H](O)[C@@H](O)[C@@H]2O)cc(OC)c1O. The second-order valence-electron chi connectivity index (χ2n) is 10.5. The Bertz CT molecular complexity index is 1390. The van der Waals surface area contributed by atoms with Crippen LogP contribution in [0, 0.1) is 0 Å². The van der Waals surface area contributed by atoms with E-state index in [4.69, 9.17) is 33.2 Å². The molecule has 8 N–H and O–H groups in total. The van der Waals surface area contributed by atoms with Crippen molar-refractivity contribution in [3.8, 4) is 23.0 Å². The molecule has 0 unspecified atom stereocenters. The maximum Gasteiger partial charge on any atom is 0.338 e. The summed E-state index contributed by atoms with van der Waals surface area (Å²) in [6.45, 7) is -2.62. The number of benzene rings is 2. The van der Waals surface area contributed by atoms with Gasteiger partial charge < -0.3 is 74.0 Å². The maximum absolute atomic E-state index is 12.9. The first-order valence-electron chi connectivity index (χ1n) is 14.1. The van der Waals surface area contributed by atoms with Gasteiger partial charge >= 0.3 is 11.9 Å². The zero-order valence-corrected chi connectivity index (χ0v) is 25.1. The van der Waals surface area contributed by atoms with Crippen molar-refractivity contribution < 1.29 is 83.6 Å². The van der Waals surface area contributed by atoms with Gasteiger partial charge in [-0.3, -0.25) is 0 Å². The summed E-state index contributed by atoms with van der Waals surface area (Å²) in [5.74, 6) is -4.73. The normalized spacial score (nSPS) is 30.6. The molecule has 9 atom stereocenters. The van der Waals surface area contributed by atoms with E-state index < -0.39 is 86.6 Å². The van der Waals surface area contributed by atoms with Crippen molar-refractivity contribution in [2.45, 2.75) is 54.8 Å². The number of hydrogen-bond acceptors (Lipinski definition) is 17. The van der Waals surface area contributed by atoms with Crippen molar-refractivity contribution in [1.29, 1.82) is 0 Å². The molecule has 17 heteroatoms. The number of phenolic OH excluding ortho intramolecular Hbond substituents is 2. The number of rotatable bonds is 12. The lowest BCUT2D eigenvalue weighted by molar-refractivity contribution is -0.383. The van der Waals surface area contributed by atoms with Crippen molar-refractivity contribution >= 4 is 18.0 Å². The molecule has 47 heavy (non-hydrogen) atoms. The Morgan fingerprint density at radius 2 is 1.53 bits per heavy atom. The Hall–Kier alpha value is -4.04. The number of carbonyl (C=O) groups is 2. The van der Waals surface area contributed by atoms with Gasteiger partial charge in [0.1, 0.15) is 55.6 Å². The number of aliphatic hydroxyl groups is 6. The topological polar surface area (TPSA) is 261 Å². The van der Waals surface area contributed by atoms with Gasteiger partial charge in [-0.2, -0.15) is 0 Å². The Labute approximate surface area is 267 Å². The summed E-state index contributed by atoms with van der Waals surface area (Å²) in [6, 6.07) is 7.83. The first-order valence-corrected chi connectivity index (χ1v) is 14.1. The minimum absolute atomic E-state index is 0.0437. The van der Waals surface area contributed by atoms with Crippen LogP contribution in [0.25, 0.3) is 6.08 Å². The number of ether oxygens (including phenoxy) is 7. The molecule has 0 aliphatic carbocycles. The first kappa shape index (κ1) is 35.8. The highest BCUT2D eigenvalue weighted by Crippen LogP contribution is 2.39. The number of phenols is 2. The van der Waals surface area contributed by atoms with Crippen LogP contribution < -0.4 is 9.47 Å². The number of hydrogen-bond donors (Lipinski definition) is 8. The summed E-state index contributed by atoms with van der Waals surface area (Å²) >= 11 is 0. The summed E-state index contributed by atoms with van der Waals surface area (Å²) in [4.78, 5) is 25.3. The van der Waals surface area contributed by atoms with Gasteiger partial charge in [0.05, 0.1) is 26.4 Å². The summed E-state index contributed by atoms with van der Waals surface area (Å²) in [5, 5.41) is 82.1. The largest absolute Gasteiger partial charge is 0.508 e. The number of esters is 2. The van der Waals surface area contributed by atoms with E-state index in [1.807, 2.05) is 0 Å². The van der Waals surface area contributed by atoms with Crippen LogP contribution in [0.2, 0.25) is 0 Å². The van der Waals surface area contributed by atoms with Crippen molar-refractivity contribution in [3.63, 3.8) is 0 Å². The standard InChI is InChI=1S/C30H36O17/c1-41-17-9-14(10-18(42-2)22(17)35)3-8-21(34)45-27-24(37)19(11-31)46-30(27,13-32)47-29-26(39)25(38)23(36)20(44-29)12-43-28(40)15-4-6-16(33)7-5-15/h3-10,19-20,23-27,29,31-33,35-39H,11-13H2,1-2H3/b8-3+/t19-,20-,23-,24-,25+,26-,27+,29-,30+/m0/s1. The minimum Gasteiger partial charge on any atom is -0.508 e. The predicted octanol–water partition coefficient (Wildman–Crippen LogP) is -1.84. The smallest absolute Gasteiger partial charge is 0.338 e. The zero-order chi connectivity index (χ0) is 34.5. The van der Waals surface area contributed by atoms with Crippen LogP contribution in [-0.4, -0.2) is 142 Å². The minimum atomic E-state index is -2.48. The molecule has 2 fully saturated rings. The molecule has 4 rings (SSSR count). The fourth-order valence-corrected chi connectivity index (χ4v) is 4.94. The monoisotopic (exact) mass is 668 g/mol. The van der Waals surface area contributed by atoms with Gasteiger partial charge in [-0.15, -0.1) is 0 Å². The van der Waals surface area contributed by atoms with Crippen LogP contribution in [0.1, 0.15) is 15.9 Å². The number of carbonyl (C=O) groups excluding carboxylic acids is 2. The molecular weight excluding hydrogens is 632 g/mol. The van der Waals surface area contributed by atoms with E-state index in [1.54, 1.807) is 0 Å². The summed E-state index contributed by atoms with van der Waals surface area (Å²) < 4.78 is 37.5. The number of aromatic hydroxyl groups is 2. The third-order valence-electron chi connectivity index (χ3n) is 7.50. The molecule has 258 valence electrons. The molecule has 0 spiro atoms. The van der Waals surface area contributed by atoms with Gasteiger partial charge in [-0.25, -0.2) is 9.59 Å².